The molecule has 17 heavy (non-hydrogen) atoms. The molecule has 2 aromatic rings. The van der Waals surface area contributed by atoms with Crippen molar-refractivity contribution in [2.45, 2.75) is 13.3 Å². The minimum atomic E-state index is -0.0406. The molecule has 0 saturated carbocycles. The van der Waals surface area contributed by atoms with Gasteiger partial charge in [-0.15, -0.1) is 11.3 Å². The summed E-state index contributed by atoms with van der Waals surface area (Å²) in [5.74, 6) is -0.0406. The molecule has 6 heteroatoms. The van der Waals surface area contributed by atoms with Crippen molar-refractivity contribution in [1.82, 2.24) is 9.78 Å². The van der Waals surface area contributed by atoms with Gasteiger partial charge < -0.3 is 0 Å². The monoisotopic (exact) mass is 288 g/mol. The van der Waals surface area contributed by atoms with Gasteiger partial charge >= 0.3 is 0 Å². The van der Waals surface area contributed by atoms with Gasteiger partial charge in [-0.3, -0.25) is 9.48 Å². The van der Waals surface area contributed by atoms with Crippen LogP contribution in [0.15, 0.2) is 12.1 Å². The van der Waals surface area contributed by atoms with E-state index in [1.54, 1.807) is 10.7 Å². The van der Waals surface area contributed by atoms with Crippen LogP contribution in [-0.2, 0) is 13.5 Å². The molecule has 0 aliphatic heterocycles. The van der Waals surface area contributed by atoms with Crippen molar-refractivity contribution < 1.29 is 4.79 Å². The third-order valence-corrected chi connectivity index (χ3v) is 3.89. The lowest BCUT2D eigenvalue weighted by molar-refractivity contribution is 0.0991. The van der Waals surface area contributed by atoms with Gasteiger partial charge in [0.1, 0.15) is 4.34 Å². The molecular formula is C11H10Cl2N2OS. The number of aryl methyl sites for hydroxylation is 2. The van der Waals surface area contributed by atoms with Crippen LogP contribution in [0.1, 0.15) is 21.7 Å². The molecule has 0 amide bonds. The Balaban J connectivity index is 2.22. The highest BCUT2D eigenvalue weighted by Crippen LogP contribution is 2.31. The molecule has 0 radical (unpaired) electrons. The van der Waals surface area contributed by atoms with Gasteiger partial charge in [-0.2, -0.15) is 5.10 Å². The summed E-state index contributed by atoms with van der Waals surface area (Å²) in [5, 5.41) is 4.19. The highest BCUT2D eigenvalue weighted by atomic mass is 35.5. The second-order valence-electron chi connectivity index (χ2n) is 3.74. The number of carbonyl (C=O) groups is 1. The largest absolute Gasteiger partial charge is 0.294 e. The summed E-state index contributed by atoms with van der Waals surface area (Å²) < 4.78 is 2.67. The second kappa shape index (κ2) is 4.80. The van der Waals surface area contributed by atoms with Crippen LogP contribution in [0.25, 0.3) is 0 Å². The van der Waals surface area contributed by atoms with Crippen molar-refractivity contribution in [2.24, 2.45) is 7.05 Å². The zero-order valence-corrected chi connectivity index (χ0v) is 11.7. The molecule has 2 rings (SSSR count). The van der Waals surface area contributed by atoms with Crippen LogP contribution in [0.3, 0.4) is 0 Å². The van der Waals surface area contributed by atoms with Gasteiger partial charge in [0.2, 0.25) is 0 Å². The van der Waals surface area contributed by atoms with Crippen molar-refractivity contribution in [3.63, 3.8) is 0 Å². The molecule has 0 atom stereocenters. The maximum atomic E-state index is 12.0. The Labute approximate surface area is 113 Å². The average Bonchev–Trinajstić information content (AvgIpc) is 2.70. The Morgan fingerprint density at radius 3 is 2.65 bits per heavy atom. The standard InChI is InChI=1S/C11H10Cl2N2OS/c1-6-3-7(15(2)14-6)4-9(16)8-5-10(12)17-11(8)13/h3,5H,4H2,1-2H3. The highest BCUT2D eigenvalue weighted by molar-refractivity contribution is 7.20. The van der Waals surface area contributed by atoms with E-state index in [-0.39, 0.29) is 12.2 Å². The molecular weight excluding hydrogens is 279 g/mol. The summed E-state index contributed by atoms with van der Waals surface area (Å²) in [6.07, 6.45) is 0.282. The number of carbonyl (C=O) groups excluding carboxylic acids is 1. The number of hydrogen-bond acceptors (Lipinski definition) is 3. The van der Waals surface area contributed by atoms with E-state index >= 15 is 0 Å². The Morgan fingerprint density at radius 2 is 2.18 bits per heavy atom. The van der Waals surface area contributed by atoms with Crippen LogP contribution < -0.4 is 0 Å². The lowest BCUT2D eigenvalue weighted by atomic mass is 10.1. The predicted molar refractivity (Wildman–Crippen MR) is 70.3 cm³/mol. The summed E-state index contributed by atoms with van der Waals surface area (Å²) in [6.45, 7) is 1.89. The Kier molecular flexibility index (Phi) is 3.56. The molecule has 0 aromatic carbocycles. The Bertz CT molecular complexity index is 574. The number of nitrogens with zero attached hydrogens (tertiary/aromatic N) is 2. The Morgan fingerprint density at radius 1 is 1.47 bits per heavy atom. The summed E-state index contributed by atoms with van der Waals surface area (Å²) >= 11 is 13.0. The number of Topliss-reactive ketones (excluding diaryl/α,β-unsaturated/α-hetero) is 1. The van der Waals surface area contributed by atoms with Gasteiger partial charge in [0.05, 0.1) is 16.5 Å². The third kappa shape index (κ3) is 2.70. The molecule has 0 spiro atoms. The summed E-state index contributed by atoms with van der Waals surface area (Å²) in [7, 11) is 1.82. The van der Waals surface area contributed by atoms with Gasteiger partial charge in [0, 0.05) is 18.3 Å². The molecule has 0 aliphatic rings. The van der Waals surface area contributed by atoms with Crippen LogP contribution in [0, 0.1) is 6.92 Å². The van der Waals surface area contributed by atoms with Crippen molar-refractivity contribution in [3.05, 3.63) is 37.8 Å². The summed E-state index contributed by atoms with van der Waals surface area (Å²) in [4.78, 5) is 12.0. The normalized spacial score (nSPS) is 10.8. The van der Waals surface area contributed by atoms with E-state index in [1.165, 1.54) is 11.3 Å². The molecule has 90 valence electrons. The molecule has 0 aliphatic carbocycles. The van der Waals surface area contributed by atoms with Crippen molar-refractivity contribution in [2.75, 3.05) is 0 Å². The molecule has 2 heterocycles. The molecule has 0 fully saturated rings. The Hall–Kier alpha value is -0.840. The fourth-order valence-electron chi connectivity index (χ4n) is 1.62. The first-order chi connectivity index (χ1) is 7.97. The third-order valence-electron chi connectivity index (χ3n) is 2.40. The minimum absolute atomic E-state index is 0.0406. The molecule has 3 nitrogen and oxygen atoms in total. The highest BCUT2D eigenvalue weighted by Gasteiger charge is 2.16. The van der Waals surface area contributed by atoms with Crippen LogP contribution in [-0.4, -0.2) is 15.6 Å². The fourth-order valence-corrected chi connectivity index (χ4v) is 3.12. The summed E-state index contributed by atoms with van der Waals surface area (Å²) in [5.41, 5.74) is 2.25. The van der Waals surface area contributed by atoms with Gasteiger partial charge in [0.15, 0.2) is 5.78 Å². The molecule has 0 unspecified atom stereocenters. The maximum absolute atomic E-state index is 12.0. The number of thiophene rings is 1. The van der Waals surface area contributed by atoms with Crippen LogP contribution >= 0.6 is 34.5 Å². The van der Waals surface area contributed by atoms with Crippen LogP contribution in [0.5, 0.6) is 0 Å². The van der Waals surface area contributed by atoms with Crippen LogP contribution in [0.4, 0.5) is 0 Å². The van der Waals surface area contributed by atoms with Gasteiger partial charge in [-0.1, -0.05) is 23.2 Å². The lowest BCUT2D eigenvalue weighted by Gasteiger charge is -2.00. The number of rotatable bonds is 3. The number of hydrogen-bond donors (Lipinski definition) is 0. The van der Waals surface area contributed by atoms with E-state index in [9.17, 15) is 4.79 Å². The van der Waals surface area contributed by atoms with E-state index < -0.39 is 0 Å². The van der Waals surface area contributed by atoms with E-state index in [0.29, 0.717) is 14.2 Å². The number of ketones is 1. The number of halogens is 2. The SMILES string of the molecule is Cc1cc(CC(=O)c2cc(Cl)sc2Cl)n(C)n1. The number of aromatic nitrogens is 2. The first kappa shape index (κ1) is 12.6. The van der Waals surface area contributed by atoms with Crippen LogP contribution in [0.2, 0.25) is 8.67 Å². The maximum Gasteiger partial charge on any atom is 0.171 e. The lowest BCUT2D eigenvalue weighted by Crippen LogP contribution is -2.07. The van der Waals surface area contributed by atoms with E-state index in [0.717, 1.165) is 11.4 Å². The van der Waals surface area contributed by atoms with E-state index in [4.69, 9.17) is 23.2 Å². The zero-order valence-electron chi connectivity index (χ0n) is 9.33. The van der Waals surface area contributed by atoms with E-state index in [2.05, 4.69) is 5.10 Å². The predicted octanol–water partition coefficient (Wildman–Crippen LogP) is 3.52. The molecule has 0 saturated heterocycles. The van der Waals surface area contributed by atoms with E-state index in [1.807, 2.05) is 20.0 Å². The van der Waals surface area contributed by atoms with Crippen molar-refractivity contribution in [1.29, 1.82) is 0 Å². The molecule has 0 bridgehead atoms. The topological polar surface area (TPSA) is 34.9 Å². The molecule has 2 aromatic heterocycles. The smallest absolute Gasteiger partial charge is 0.171 e. The van der Waals surface area contributed by atoms with Crippen molar-refractivity contribution in [3.8, 4) is 0 Å². The fraction of sp³-hybridized carbons (Fsp3) is 0.273. The second-order valence-corrected chi connectivity index (χ2v) is 6.02. The summed E-state index contributed by atoms with van der Waals surface area (Å²) in [6, 6.07) is 3.50. The quantitative estimate of drug-likeness (QED) is 0.810. The van der Waals surface area contributed by atoms with Gasteiger partial charge in [-0.25, -0.2) is 0 Å². The minimum Gasteiger partial charge on any atom is -0.294 e. The zero-order chi connectivity index (χ0) is 12.6. The van der Waals surface area contributed by atoms with Gasteiger partial charge in [0.25, 0.3) is 0 Å². The van der Waals surface area contributed by atoms with Gasteiger partial charge in [-0.05, 0) is 19.1 Å². The first-order valence-electron chi connectivity index (χ1n) is 4.95. The average molecular weight is 289 g/mol. The molecule has 0 N–H and O–H groups in total. The van der Waals surface area contributed by atoms with Crippen molar-refractivity contribution >= 4 is 40.3 Å². The first-order valence-corrected chi connectivity index (χ1v) is 6.52.